The van der Waals surface area contributed by atoms with E-state index < -0.39 is 5.54 Å². The summed E-state index contributed by atoms with van der Waals surface area (Å²) in [5, 5.41) is 12.3. The van der Waals surface area contributed by atoms with Crippen molar-refractivity contribution in [1.82, 2.24) is 5.32 Å². The minimum Gasteiger partial charge on any atom is -0.491 e. The van der Waals surface area contributed by atoms with Crippen LogP contribution in [0.5, 0.6) is 5.75 Å². The average molecular weight is 234 g/mol. The Morgan fingerprint density at radius 2 is 2.12 bits per heavy atom. The van der Waals surface area contributed by atoms with E-state index in [0.717, 1.165) is 12.8 Å². The Labute approximate surface area is 100 Å². The van der Waals surface area contributed by atoms with Gasteiger partial charge in [0.1, 0.15) is 23.7 Å². The number of nitrogens with zero attached hydrogens (tertiary/aromatic N) is 1. The van der Waals surface area contributed by atoms with E-state index in [2.05, 4.69) is 11.4 Å². The molecular weight excluding hydrogens is 219 g/mol. The molecule has 2 rings (SSSR count). The van der Waals surface area contributed by atoms with Crippen LogP contribution in [0.15, 0.2) is 24.3 Å². The highest BCUT2D eigenvalue weighted by Gasteiger charge is 2.45. The predicted molar refractivity (Wildman–Crippen MR) is 62.0 cm³/mol. The lowest BCUT2D eigenvalue weighted by atomic mass is 9.96. The van der Waals surface area contributed by atoms with Gasteiger partial charge in [-0.25, -0.2) is 4.39 Å². The van der Waals surface area contributed by atoms with Crippen LogP contribution in [-0.2, 0) is 0 Å². The number of nitrogens with one attached hydrogen (secondary N) is 1. The number of likely N-dealkylation sites (N-methyl/N-ethyl adjacent to an activating group) is 1. The molecule has 4 heteroatoms. The molecule has 0 spiro atoms. The molecule has 0 radical (unpaired) electrons. The monoisotopic (exact) mass is 234 g/mol. The van der Waals surface area contributed by atoms with Crippen molar-refractivity contribution in [3.05, 3.63) is 30.1 Å². The molecule has 1 aromatic carbocycles. The summed E-state index contributed by atoms with van der Waals surface area (Å²) in [5.41, 5.74) is -0.617. The molecule has 1 saturated carbocycles. The molecule has 17 heavy (non-hydrogen) atoms. The van der Waals surface area contributed by atoms with Gasteiger partial charge in [-0.2, -0.15) is 5.26 Å². The third kappa shape index (κ3) is 2.56. The van der Waals surface area contributed by atoms with E-state index in [0.29, 0.717) is 11.7 Å². The molecule has 0 saturated heterocycles. The van der Waals surface area contributed by atoms with Gasteiger partial charge in [0.15, 0.2) is 0 Å². The average Bonchev–Trinajstić information content (AvgIpc) is 3.18. The van der Waals surface area contributed by atoms with E-state index in [4.69, 9.17) is 4.74 Å². The van der Waals surface area contributed by atoms with Crippen LogP contribution in [0.2, 0.25) is 0 Å². The van der Waals surface area contributed by atoms with Gasteiger partial charge in [0.2, 0.25) is 0 Å². The predicted octanol–water partition coefficient (Wildman–Crippen LogP) is 2.10. The Morgan fingerprint density at radius 3 is 2.59 bits per heavy atom. The first-order valence-electron chi connectivity index (χ1n) is 5.69. The first-order valence-corrected chi connectivity index (χ1v) is 5.69. The summed E-state index contributed by atoms with van der Waals surface area (Å²) in [5.74, 6) is 0.652. The minimum absolute atomic E-state index is 0.288. The fourth-order valence-electron chi connectivity index (χ4n) is 1.88. The van der Waals surface area contributed by atoms with Crippen molar-refractivity contribution in [1.29, 1.82) is 5.26 Å². The number of rotatable bonds is 5. The van der Waals surface area contributed by atoms with E-state index >= 15 is 0 Å². The summed E-state index contributed by atoms with van der Waals surface area (Å²) in [6, 6.07) is 8.13. The van der Waals surface area contributed by atoms with Crippen molar-refractivity contribution < 1.29 is 9.13 Å². The van der Waals surface area contributed by atoms with Gasteiger partial charge in [-0.15, -0.1) is 0 Å². The SMILES string of the molecule is CNC(C#N)(COc1ccc(F)cc1)C1CC1. The van der Waals surface area contributed by atoms with Gasteiger partial charge in [0, 0.05) is 0 Å². The van der Waals surface area contributed by atoms with Gasteiger partial charge in [0.25, 0.3) is 0 Å². The molecule has 90 valence electrons. The number of nitriles is 1. The molecule has 1 N–H and O–H groups in total. The van der Waals surface area contributed by atoms with Crippen molar-refractivity contribution in [2.24, 2.45) is 5.92 Å². The smallest absolute Gasteiger partial charge is 0.143 e. The molecule has 1 unspecified atom stereocenters. The maximum absolute atomic E-state index is 12.7. The van der Waals surface area contributed by atoms with E-state index in [1.165, 1.54) is 12.1 Å². The van der Waals surface area contributed by atoms with Gasteiger partial charge >= 0.3 is 0 Å². The lowest BCUT2D eigenvalue weighted by Gasteiger charge is -2.25. The number of hydrogen-bond donors (Lipinski definition) is 1. The zero-order valence-electron chi connectivity index (χ0n) is 9.74. The Morgan fingerprint density at radius 1 is 1.47 bits per heavy atom. The molecule has 0 amide bonds. The topological polar surface area (TPSA) is 45.0 Å². The van der Waals surface area contributed by atoms with Crippen molar-refractivity contribution >= 4 is 0 Å². The molecule has 1 aliphatic rings. The normalized spacial score (nSPS) is 18.2. The highest BCUT2D eigenvalue weighted by Crippen LogP contribution is 2.39. The van der Waals surface area contributed by atoms with Crippen LogP contribution in [0.1, 0.15) is 12.8 Å². The summed E-state index contributed by atoms with van der Waals surface area (Å²) < 4.78 is 18.3. The van der Waals surface area contributed by atoms with Gasteiger partial charge in [-0.3, -0.25) is 5.32 Å². The quantitative estimate of drug-likeness (QED) is 0.848. The van der Waals surface area contributed by atoms with Crippen LogP contribution < -0.4 is 10.1 Å². The fourth-order valence-corrected chi connectivity index (χ4v) is 1.88. The molecular formula is C13H15FN2O. The Kier molecular flexibility index (Phi) is 3.30. The lowest BCUT2D eigenvalue weighted by molar-refractivity contribution is 0.210. The Balaban J connectivity index is 2.00. The zero-order valence-corrected chi connectivity index (χ0v) is 9.74. The first-order chi connectivity index (χ1) is 8.20. The van der Waals surface area contributed by atoms with E-state index in [9.17, 15) is 9.65 Å². The molecule has 1 aromatic rings. The van der Waals surface area contributed by atoms with Crippen LogP contribution >= 0.6 is 0 Å². The molecule has 0 heterocycles. The van der Waals surface area contributed by atoms with Crippen LogP contribution in [0.3, 0.4) is 0 Å². The van der Waals surface area contributed by atoms with Crippen molar-refractivity contribution in [3.63, 3.8) is 0 Å². The maximum Gasteiger partial charge on any atom is 0.143 e. The van der Waals surface area contributed by atoms with Crippen LogP contribution in [-0.4, -0.2) is 19.2 Å². The highest BCUT2D eigenvalue weighted by molar-refractivity contribution is 5.23. The summed E-state index contributed by atoms with van der Waals surface area (Å²) in [7, 11) is 1.77. The van der Waals surface area contributed by atoms with Crippen molar-refractivity contribution in [3.8, 4) is 11.8 Å². The standard InChI is InChI=1S/C13H15FN2O/c1-16-13(8-15,10-2-3-10)9-17-12-6-4-11(14)5-7-12/h4-7,10,16H,2-3,9H2,1H3. The Bertz CT molecular complexity index is 422. The Hall–Kier alpha value is -1.60. The maximum atomic E-state index is 12.7. The molecule has 1 fully saturated rings. The zero-order chi connectivity index (χ0) is 12.3. The molecule has 0 aromatic heterocycles. The van der Waals surface area contributed by atoms with Crippen LogP contribution in [0, 0.1) is 23.1 Å². The molecule has 3 nitrogen and oxygen atoms in total. The van der Waals surface area contributed by atoms with Gasteiger partial charge in [0.05, 0.1) is 6.07 Å². The first kappa shape index (κ1) is 11.9. The third-order valence-electron chi connectivity index (χ3n) is 3.20. The number of hydrogen-bond acceptors (Lipinski definition) is 3. The summed E-state index contributed by atoms with van der Waals surface area (Å²) >= 11 is 0. The lowest BCUT2D eigenvalue weighted by Crippen LogP contribution is -2.49. The second-order valence-electron chi connectivity index (χ2n) is 4.35. The third-order valence-corrected chi connectivity index (χ3v) is 3.20. The fraction of sp³-hybridized carbons (Fsp3) is 0.462. The largest absolute Gasteiger partial charge is 0.491 e. The summed E-state index contributed by atoms with van der Waals surface area (Å²) in [4.78, 5) is 0. The van der Waals surface area contributed by atoms with Gasteiger partial charge in [-0.1, -0.05) is 0 Å². The minimum atomic E-state index is -0.617. The second-order valence-corrected chi connectivity index (χ2v) is 4.35. The highest BCUT2D eigenvalue weighted by atomic mass is 19.1. The van der Waals surface area contributed by atoms with Crippen LogP contribution in [0.4, 0.5) is 4.39 Å². The summed E-state index contributed by atoms with van der Waals surface area (Å²) in [6.45, 7) is 0.288. The number of benzene rings is 1. The molecule has 1 atom stereocenters. The van der Waals surface area contributed by atoms with Gasteiger partial charge in [-0.05, 0) is 50.1 Å². The number of halogens is 1. The van der Waals surface area contributed by atoms with E-state index in [1.807, 2.05) is 0 Å². The number of ether oxygens (including phenoxy) is 1. The molecule has 1 aliphatic carbocycles. The van der Waals surface area contributed by atoms with Crippen LogP contribution in [0.25, 0.3) is 0 Å². The van der Waals surface area contributed by atoms with Gasteiger partial charge < -0.3 is 4.74 Å². The molecule has 0 bridgehead atoms. The van der Waals surface area contributed by atoms with E-state index in [1.54, 1.807) is 19.2 Å². The second kappa shape index (κ2) is 4.72. The van der Waals surface area contributed by atoms with Crippen molar-refractivity contribution in [2.75, 3.05) is 13.7 Å². The van der Waals surface area contributed by atoms with E-state index in [-0.39, 0.29) is 12.4 Å². The molecule has 0 aliphatic heterocycles. The van der Waals surface area contributed by atoms with Crippen molar-refractivity contribution in [2.45, 2.75) is 18.4 Å². The summed E-state index contributed by atoms with van der Waals surface area (Å²) in [6.07, 6.45) is 2.11.